The summed E-state index contributed by atoms with van der Waals surface area (Å²) in [5.74, 6) is 0. The maximum absolute atomic E-state index is 6.22. The summed E-state index contributed by atoms with van der Waals surface area (Å²) in [6.07, 6.45) is 17.7. The lowest BCUT2D eigenvalue weighted by atomic mass is 9.78. The number of fused-ring (bicyclic) bond motifs is 6. The molecular weight excluding hydrogens is 1070 g/mol. The Kier molecular flexibility index (Phi) is 15.1. The van der Waals surface area contributed by atoms with Crippen LogP contribution < -0.4 is 10.6 Å². The molecule has 0 amide bonds. The zero-order valence-corrected chi connectivity index (χ0v) is 58.0. The molecular formula is C82H100N6. The molecule has 8 bridgehead atoms. The van der Waals surface area contributed by atoms with Crippen LogP contribution in [0.2, 0.25) is 0 Å². The molecule has 11 rings (SSSR count). The first-order chi connectivity index (χ1) is 40.6. The lowest BCUT2D eigenvalue weighted by Gasteiger charge is -2.31. The van der Waals surface area contributed by atoms with Gasteiger partial charge in [0.25, 0.3) is 0 Å². The van der Waals surface area contributed by atoms with Crippen LogP contribution in [0.3, 0.4) is 0 Å². The molecule has 6 heteroatoms. The Bertz CT molecular complexity index is 3960. The normalized spacial score (nSPS) is 18.5. The molecule has 0 saturated heterocycles. The molecule has 458 valence electrons. The molecule has 0 unspecified atom stereocenters. The van der Waals surface area contributed by atoms with Gasteiger partial charge in [-0.15, -0.1) is 0 Å². The summed E-state index contributed by atoms with van der Waals surface area (Å²) >= 11 is 0. The van der Waals surface area contributed by atoms with Crippen molar-refractivity contribution < 1.29 is 0 Å². The van der Waals surface area contributed by atoms with Crippen LogP contribution in [0.25, 0.3) is 22.3 Å². The van der Waals surface area contributed by atoms with Gasteiger partial charge >= 0.3 is 0 Å². The van der Waals surface area contributed by atoms with Gasteiger partial charge in [0.05, 0.1) is 57.0 Å². The minimum atomic E-state index is -0.154. The van der Waals surface area contributed by atoms with Crippen molar-refractivity contribution in [2.75, 3.05) is 0 Å². The van der Waals surface area contributed by atoms with Crippen molar-refractivity contribution in [2.45, 2.75) is 235 Å². The molecule has 4 aromatic rings. The van der Waals surface area contributed by atoms with Gasteiger partial charge in [0.15, 0.2) is 0 Å². The molecule has 0 aromatic heterocycles. The van der Waals surface area contributed by atoms with E-state index >= 15 is 0 Å². The summed E-state index contributed by atoms with van der Waals surface area (Å²) in [4.78, 5) is 24.1. The van der Waals surface area contributed by atoms with Crippen LogP contribution in [0.1, 0.15) is 259 Å². The maximum Gasteiger partial charge on any atom is 0.0995 e. The number of rotatable bonds is 4. The first-order valence-electron chi connectivity index (χ1n) is 32.7. The second-order valence-electron chi connectivity index (χ2n) is 34.3. The van der Waals surface area contributed by atoms with Crippen LogP contribution in [0, 0.1) is 0 Å². The molecule has 0 atom stereocenters. The first kappa shape index (κ1) is 62.4. The summed E-state index contributed by atoms with van der Waals surface area (Å²) in [5.41, 5.74) is 28.7. The molecule has 2 N–H and O–H groups in total. The lowest BCUT2D eigenvalue weighted by molar-refractivity contribution is 0.567. The van der Waals surface area contributed by atoms with Crippen molar-refractivity contribution in [1.82, 2.24) is 10.6 Å². The topological polar surface area (TPSA) is 73.5 Å². The average Bonchev–Trinajstić information content (AvgIpc) is 1.73. The van der Waals surface area contributed by atoms with Crippen molar-refractivity contribution in [3.8, 4) is 0 Å². The molecule has 0 saturated carbocycles. The Morgan fingerprint density at radius 3 is 0.818 bits per heavy atom. The van der Waals surface area contributed by atoms with E-state index in [2.05, 4.69) is 286 Å². The fraction of sp³-hybridized carbons (Fsp3) is 0.439. The second kappa shape index (κ2) is 21.2. The molecule has 0 spiro atoms. The van der Waals surface area contributed by atoms with Gasteiger partial charge in [0.2, 0.25) is 0 Å². The van der Waals surface area contributed by atoms with Gasteiger partial charge in [-0.3, -0.25) is 0 Å². The fourth-order valence-electron chi connectivity index (χ4n) is 12.7. The van der Waals surface area contributed by atoms with Gasteiger partial charge in [-0.2, -0.15) is 0 Å². The highest BCUT2D eigenvalue weighted by Crippen LogP contribution is 2.47. The highest BCUT2D eigenvalue weighted by Gasteiger charge is 2.40. The van der Waals surface area contributed by atoms with Crippen molar-refractivity contribution in [2.24, 2.45) is 20.0 Å². The summed E-state index contributed by atoms with van der Waals surface area (Å²) < 4.78 is 0. The molecule has 0 fully saturated rings. The zero-order chi connectivity index (χ0) is 64.0. The van der Waals surface area contributed by atoms with E-state index in [0.717, 1.165) is 127 Å². The molecule has 4 aromatic carbocycles. The van der Waals surface area contributed by atoms with Gasteiger partial charge < -0.3 is 10.6 Å². The molecule has 6 nitrogen and oxygen atoms in total. The van der Waals surface area contributed by atoms with Crippen molar-refractivity contribution >= 4 is 45.1 Å². The van der Waals surface area contributed by atoms with Crippen molar-refractivity contribution in [3.05, 3.63) is 222 Å². The largest absolute Gasteiger partial charge is 0.354 e. The Balaban J connectivity index is 1.36. The highest BCUT2D eigenvalue weighted by molar-refractivity contribution is 6.41. The van der Waals surface area contributed by atoms with Crippen LogP contribution in [0.15, 0.2) is 175 Å². The predicted molar refractivity (Wildman–Crippen MR) is 379 cm³/mol. The third-order valence-electron chi connectivity index (χ3n) is 18.7. The molecule has 6 heterocycles. The third kappa shape index (κ3) is 12.1. The number of nitrogens with one attached hydrogen (secondary N) is 2. The van der Waals surface area contributed by atoms with E-state index in [1.165, 1.54) is 55.9 Å². The van der Waals surface area contributed by atoms with E-state index < -0.39 is 0 Å². The van der Waals surface area contributed by atoms with Crippen LogP contribution in [0.5, 0.6) is 0 Å². The molecule has 7 aliphatic rings. The van der Waals surface area contributed by atoms with E-state index in [1.807, 2.05) is 0 Å². The van der Waals surface area contributed by atoms with Gasteiger partial charge in [-0.25, -0.2) is 20.0 Å². The summed E-state index contributed by atoms with van der Waals surface area (Å²) in [5, 5.41) is 8.35. The number of benzene rings is 4. The van der Waals surface area contributed by atoms with Gasteiger partial charge in [0, 0.05) is 33.7 Å². The second-order valence-corrected chi connectivity index (χ2v) is 34.3. The van der Waals surface area contributed by atoms with Gasteiger partial charge in [-0.05, 0) is 172 Å². The Morgan fingerprint density at radius 2 is 0.523 bits per heavy atom. The monoisotopic (exact) mass is 1170 g/mol. The Hall–Kier alpha value is -7.18. The minimum Gasteiger partial charge on any atom is -0.354 e. The molecule has 0 radical (unpaired) electrons. The average molecular weight is 1170 g/mol. The quantitative estimate of drug-likeness (QED) is 0.214. The number of hydrogen-bond acceptors (Lipinski definition) is 6. The van der Waals surface area contributed by atoms with Crippen molar-refractivity contribution in [3.63, 3.8) is 0 Å². The summed E-state index contributed by atoms with van der Waals surface area (Å²) in [7, 11) is 0. The van der Waals surface area contributed by atoms with Crippen LogP contribution in [0.4, 0.5) is 0 Å². The number of nitrogens with zero attached hydrogens (tertiary/aromatic N) is 4. The minimum absolute atomic E-state index is 0.133. The van der Waals surface area contributed by atoms with Gasteiger partial charge in [0.1, 0.15) is 0 Å². The van der Waals surface area contributed by atoms with Crippen LogP contribution >= 0.6 is 0 Å². The Morgan fingerprint density at radius 1 is 0.273 bits per heavy atom. The van der Waals surface area contributed by atoms with E-state index in [1.54, 1.807) is 0 Å². The summed E-state index contributed by atoms with van der Waals surface area (Å²) in [6.45, 7) is 55.8. The van der Waals surface area contributed by atoms with E-state index in [0.29, 0.717) is 0 Å². The Labute approximate surface area is 529 Å². The first-order valence-corrected chi connectivity index (χ1v) is 32.7. The number of aliphatic imine (C=N–C) groups is 4. The van der Waals surface area contributed by atoms with Crippen LogP contribution in [-0.4, -0.2) is 22.8 Å². The molecule has 88 heavy (non-hydrogen) atoms. The zero-order valence-electron chi connectivity index (χ0n) is 58.0. The van der Waals surface area contributed by atoms with E-state index in [4.69, 9.17) is 20.0 Å². The maximum atomic E-state index is 6.22. The lowest BCUT2D eigenvalue weighted by Crippen LogP contribution is -2.34. The molecule has 6 aliphatic heterocycles. The number of hydrogen-bond donors (Lipinski definition) is 2. The number of allylic oxidation sites excluding steroid dienone is 12. The van der Waals surface area contributed by atoms with Crippen molar-refractivity contribution in [1.29, 1.82) is 0 Å². The third-order valence-corrected chi connectivity index (χ3v) is 18.7. The van der Waals surface area contributed by atoms with E-state index in [-0.39, 0.29) is 43.3 Å². The van der Waals surface area contributed by atoms with E-state index in [9.17, 15) is 0 Å². The standard InChI is InChI=1S/C82H100N6/c1-75(2,3)51-35-47(36-52(43-51)76(4,5)6)67-61-29-30-62(83-61)68(48-37-53(77(7,8)9)44-54(38-48)78(10,11)12)64-32-34-66(85-64)70(50-41-57(81(19,20)21)46-58(42-50)82(22,23)24)72-74-73(86-59-27-25-26-28-60(59)87-74)71(88-72)69(65-33-31-63(67)84-65)49-39-55(79(13,14)15)45-56(40-49)80(16,17)18/h29-46,86-87H,25-28H2,1-24H3. The highest BCUT2D eigenvalue weighted by atomic mass is 15.1. The smallest absolute Gasteiger partial charge is 0.0995 e. The SMILES string of the molecule is CC(C)(C)c1cc(C2=C3C=CC(=N3)C(c3cc(C(C)(C)C)cc(C(C)(C)C)c3)=C3C=CC(=N3)C(c3cc(C(C)(C)C)cc(C(C)(C)C)c3)=C3N=C(C4=C3NC3=C(CCCC3)N4)C(c3cc(C(C)(C)C)cc(C(C)(C)C)c3)=C3C=CC2=N3)cc(C(C)(C)C)c1. The molecule has 1 aliphatic carbocycles. The summed E-state index contributed by atoms with van der Waals surface area (Å²) in [6, 6.07) is 29.0. The van der Waals surface area contributed by atoms with Crippen LogP contribution in [-0.2, 0) is 43.3 Å². The fourth-order valence-corrected chi connectivity index (χ4v) is 12.7. The van der Waals surface area contributed by atoms with Gasteiger partial charge in [-0.1, -0.05) is 239 Å². The predicted octanol–water partition coefficient (Wildman–Crippen LogP) is 20.7.